The first-order chi connectivity index (χ1) is 9.46. The third-order valence-electron chi connectivity index (χ3n) is 3.19. The van der Waals surface area contributed by atoms with Gasteiger partial charge in [0, 0.05) is 0 Å². The normalized spacial score (nSPS) is 20.8. The molecule has 0 bridgehead atoms. The van der Waals surface area contributed by atoms with E-state index in [0.29, 0.717) is 13.0 Å². The van der Waals surface area contributed by atoms with E-state index in [-0.39, 0.29) is 35.6 Å². The standard InChI is InChI=1S/C13H17FN2O3S/c14-11-3-1-2-4-12(11)16-13(17)8-15-7-10-5-6-20(18,19)9-10/h1-4,10,15H,5-9H2,(H,16,17). The second-order valence-corrected chi connectivity index (χ2v) is 7.16. The SMILES string of the molecule is O=C(CNCC1CCS(=O)(=O)C1)Nc1ccccc1F. The number of rotatable bonds is 5. The molecular weight excluding hydrogens is 283 g/mol. The van der Waals surface area contributed by atoms with Crippen molar-refractivity contribution < 1.29 is 17.6 Å². The molecule has 5 nitrogen and oxygen atoms in total. The van der Waals surface area contributed by atoms with E-state index >= 15 is 0 Å². The highest BCUT2D eigenvalue weighted by molar-refractivity contribution is 7.91. The molecule has 110 valence electrons. The lowest BCUT2D eigenvalue weighted by molar-refractivity contribution is -0.115. The largest absolute Gasteiger partial charge is 0.322 e. The number of halogens is 1. The molecule has 2 rings (SSSR count). The van der Waals surface area contributed by atoms with Crippen molar-refractivity contribution in [1.29, 1.82) is 0 Å². The van der Waals surface area contributed by atoms with Gasteiger partial charge in [-0.1, -0.05) is 12.1 Å². The van der Waals surface area contributed by atoms with Gasteiger partial charge in [-0.15, -0.1) is 0 Å². The summed E-state index contributed by atoms with van der Waals surface area (Å²) in [5.74, 6) is -0.379. The van der Waals surface area contributed by atoms with Crippen LogP contribution >= 0.6 is 0 Å². The summed E-state index contributed by atoms with van der Waals surface area (Å²) in [6.45, 7) is 0.509. The molecule has 1 aromatic carbocycles. The molecular formula is C13H17FN2O3S. The highest BCUT2D eigenvalue weighted by Crippen LogP contribution is 2.17. The van der Waals surface area contributed by atoms with Gasteiger partial charge in [-0.2, -0.15) is 0 Å². The number of hydrogen-bond donors (Lipinski definition) is 2. The van der Waals surface area contributed by atoms with Crippen molar-refractivity contribution in [3.8, 4) is 0 Å². The maximum absolute atomic E-state index is 13.3. The van der Waals surface area contributed by atoms with Crippen LogP contribution in [0.15, 0.2) is 24.3 Å². The first kappa shape index (κ1) is 14.9. The van der Waals surface area contributed by atoms with Crippen molar-refractivity contribution in [3.63, 3.8) is 0 Å². The quantitative estimate of drug-likeness (QED) is 0.843. The van der Waals surface area contributed by atoms with Gasteiger partial charge < -0.3 is 10.6 Å². The third kappa shape index (κ3) is 4.28. The van der Waals surface area contributed by atoms with Crippen LogP contribution in [0, 0.1) is 11.7 Å². The predicted octanol–water partition coefficient (Wildman–Crippen LogP) is 0.789. The lowest BCUT2D eigenvalue weighted by atomic mass is 10.1. The monoisotopic (exact) mass is 300 g/mol. The third-order valence-corrected chi connectivity index (χ3v) is 5.03. The second-order valence-electron chi connectivity index (χ2n) is 4.93. The molecule has 1 aliphatic heterocycles. The van der Waals surface area contributed by atoms with Gasteiger partial charge in [0.1, 0.15) is 5.82 Å². The molecule has 1 unspecified atom stereocenters. The summed E-state index contributed by atoms with van der Waals surface area (Å²) in [6, 6.07) is 5.93. The van der Waals surface area contributed by atoms with Crippen molar-refractivity contribution in [2.24, 2.45) is 5.92 Å². The van der Waals surface area contributed by atoms with Crippen molar-refractivity contribution in [1.82, 2.24) is 5.32 Å². The summed E-state index contributed by atoms with van der Waals surface area (Å²) in [5.41, 5.74) is 0.141. The fourth-order valence-electron chi connectivity index (χ4n) is 2.18. The number of nitrogens with one attached hydrogen (secondary N) is 2. The molecule has 0 aliphatic carbocycles. The van der Waals surface area contributed by atoms with Gasteiger partial charge in [0.15, 0.2) is 9.84 Å². The fourth-order valence-corrected chi connectivity index (χ4v) is 4.04. The fraction of sp³-hybridized carbons (Fsp3) is 0.462. The molecule has 0 radical (unpaired) electrons. The van der Waals surface area contributed by atoms with Crippen molar-refractivity contribution in [3.05, 3.63) is 30.1 Å². The van der Waals surface area contributed by atoms with Gasteiger partial charge in [-0.25, -0.2) is 12.8 Å². The van der Waals surface area contributed by atoms with Crippen LogP contribution in [-0.2, 0) is 14.6 Å². The molecule has 1 aliphatic rings. The Labute approximate surface area is 117 Å². The van der Waals surface area contributed by atoms with Crippen molar-refractivity contribution in [2.75, 3.05) is 29.9 Å². The number of benzene rings is 1. The zero-order chi connectivity index (χ0) is 14.6. The van der Waals surface area contributed by atoms with Crippen LogP contribution in [0.25, 0.3) is 0 Å². The van der Waals surface area contributed by atoms with Crippen LogP contribution in [0.2, 0.25) is 0 Å². The Morgan fingerprint density at radius 1 is 1.35 bits per heavy atom. The van der Waals surface area contributed by atoms with Gasteiger partial charge in [0.05, 0.1) is 23.7 Å². The van der Waals surface area contributed by atoms with Gasteiger partial charge in [-0.05, 0) is 31.0 Å². The van der Waals surface area contributed by atoms with E-state index in [1.54, 1.807) is 12.1 Å². The van der Waals surface area contributed by atoms with Crippen LogP contribution in [0.5, 0.6) is 0 Å². The Balaban J connectivity index is 1.72. The van der Waals surface area contributed by atoms with Crippen LogP contribution in [0.1, 0.15) is 6.42 Å². The molecule has 2 N–H and O–H groups in total. The number of para-hydroxylation sites is 1. The van der Waals surface area contributed by atoms with Crippen molar-refractivity contribution >= 4 is 21.4 Å². The number of carbonyl (C=O) groups excluding carboxylic acids is 1. The Hall–Kier alpha value is -1.47. The lowest BCUT2D eigenvalue weighted by Crippen LogP contribution is -2.32. The zero-order valence-corrected chi connectivity index (χ0v) is 11.7. The highest BCUT2D eigenvalue weighted by Gasteiger charge is 2.27. The van der Waals surface area contributed by atoms with E-state index in [2.05, 4.69) is 10.6 Å². The molecule has 0 spiro atoms. The Morgan fingerprint density at radius 2 is 2.10 bits per heavy atom. The van der Waals surface area contributed by atoms with Crippen LogP contribution in [0.3, 0.4) is 0 Å². The van der Waals surface area contributed by atoms with E-state index in [1.165, 1.54) is 12.1 Å². The van der Waals surface area contributed by atoms with Crippen LogP contribution in [-0.4, -0.2) is 38.9 Å². The summed E-state index contributed by atoms with van der Waals surface area (Å²) in [4.78, 5) is 11.6. The molecule has 0 saturated carbocycles. The molecule has 1 atom stereocenters. The number of sulfone groups is 1. The number of carbonyl (C=O) groups is 1. The molecule has 1 heterocycles. The van der Waals surface area contributed by atoms with Gasteiger partial charge >= 0.3 is 0 Å². The Bertz CT molecular complexity index is 589. The molecule has 1 amide bonds. The number of anilines is 1. The lowest BCUT2D eigenvalue weighted by Gasteiger charge is -2.10. The summed E-state index contributed by atoms with van der Waals surface area (Å²) < 4.78 is 35.8. The second kappa shape index (κ2) is 6.32. The van der Waals surface area contributed by atoms with E-state index in [0.717, 1.165) is 0 Å². The van der Waals surface area contributed by atoms with Gasteiger partial charge in [-0.3, -0.25) is 4.79 Å². The minimum Gasteiger partial charge on any atom is -0.322 e. The van der Waals surface area contributed by atoms with Gasteiger partial charge in [0.25, 0.3) is 0 Å². The average Bonchev–Trinajstić information content (AvgIpc) is 2.72. The first-order valence-corrected chi connectivity index (χ1v) is 8.24. The Morgan fingerprint density at radius 3 is 2.75 bits per heavy atom. The van der Waals surface area contributed by atoms with E-state index in [1.807, 2.05) is 0 Å². The molecule has 1 aromatic rings. The van der Waals surface area contributed by atoms with E-state index in [4.69, 9.17) is 0 Å². The molecule has 7 heteroatoms. The minimum atomic E-state index is -2.89. The molecule has 0 aromatic heterocycles. The van der Waals surface area contributed by atoms with E-state index < -0.39 is 15.7 Å². The Kier molecular flexibility index (Phi) is 4.72. The number of hydrogen-bond acceptors (Lipinski definition) is 4. The van der Waals surface area contributed by atoms with Crippen LogP contribution < -0.4 is 10.6 Å². The summed E-state index contributed by atoms with van der Waals surface area (Å²) in [5, 5.41) is 5.36. The predicted molar refractivity (Wildman–Crippen MR) is 74.7 cm³/mol. The average molecular weight is 300 g/mol. The minimum absolute atomic E-state index is 0.0326. The maximum atomic E-state index is 13.3. The summed E-state index contributed by atoms with van der Waals surface area (Å²) in [6.07, 6.45) is 0.629. The summed E-state index contributed by atoms with van der Waals surface area (Å²) >= 11 is 0. The smallest absolute Gasteiger partial charge is 0.238 e. The van der Waals surface area contributed by atoms with Gasteiger partial charge in [0.2, 0.25) is 5.91 Å². The zero-order valence-electron chi connectivity index (χ0n) is 10.9. The maximum Gasteiger partial charge on any atom is 0.238 e. The molecule has 1 fully saturated rings. The molecule has 20 heavy (non-hydrogen) atoms. The van der Waals surface area contributed by atoms with E-state index in [9.17, 15) is 17.6 Å². The first-order valence-electron chi connectivity index (χ1n) is 6.42. The highest BCUT2D eigenvalue weighted by atomic mass is 32.2. The number of amides is 1. The van der Waals surface area contributed by atoms with Crippen LogP contribution in [0.4, 0.5) is 10.1 Å². The summed E-state index contributed by atoms with van der Waals surface area (Å²) in [7, 11) is -2.89. The van der Waals surface area contributed by atoms with Crippen molar-refractivity contribution in [2.45, 2.75) is 6.42 Å². The topological polar surface area (TPSA) is 75.3 Å². The molecule has 1 saturated heterocycles.